The van der Waals surface area contributed by atoms with Gasteiger partial charge in [-0.15, -0.1) is 0 Å². The van der Waals surface area contributed by atoms with E-state index >= 15 is 0 Å². The Balaban J connectivity index is 1.85. The number of likely N-dealkylation sites (tertiary alicyclic amines) is 1. The number of hydrogen-bond acceptors (Lipinski definition) is 3. The molecule has 124 valence electrons. The lowest BCUT2D eigenvalue weighted by molar-refractivity contribution is 0.0771. The molecule has 21 heavy (non-hydrogen) atoms. The van der Waals surface area contributed by atoms with E-state index in [4.69, 9.17) is 0 Å². The van der Waals surface area contributed by atoms with Gasteiger partial charge >= 0.3 is 0 Å². The predicted molar refractivity (Wildman–Crippen MR) is 89.5 cm³/mol. The molecule has 1 saturated carbocycles. The second-order valence-electron chi connectivity index (χ2n) is 8.44. The molecule has 1 aliphatic carbocycles. The van der Waals surface area contributed by atoms with Crippen LogP contribution < -0.4 is 5.32 Å². The Morgan fingerprint density at radius 1 is 1.19 bits per heavy atom. The van der Waals surface area contributed by atoms with Crippen LogP contribution >= 0.6 is 0 Å². The van der Waals surface area contributed by atoms with Crippen LogP contribution in [0.5, 0.6) is 0 Å². The first-order valence-corrected chi connectivity index (χ1v) is 9.00. The Morgan fingerprint density at radius 3 is 2.38 bits per heavy atom. The van der Waals surface area contributed by atoms with Crippen LogP contribution in [0.2, 0.25) is 0 Å². The molecule has 0 aromatic carbocycles. The molecule has 3 nitrogen and oxygen atoms in total. The van der Waals surface area contributed by atoms with Crippen molar-refractivity contribution in [2.45, 2.75) is 77.8 Å². The molecule has 0 aromatic rings. The van der Waals surface area contributed by atoms with Gasteiger partial charge in [0, 0.05) is 11.6 Å². The number of hydrogen-bond donors (Lipinski definition) is 2. The van der Waals surface area contributed by atoms with Crippen molar-refractivity contribution in [2.75, 3.05) is 26.2 Å². The predicted octanol–water partition coefficient (Wildman–Crippen LogP) is 3.03. The lowest BCUT2D eigenvalue weighted by Gasteiger charge is -2.41. The first-order chi connectivity index (χ1) is 9.90. The van der Waals surface area contributed by atoms with Gasteiger partial charge in [-0.05, 0) is 69.5 Å². The van der Waals surface area contributed by atoms with Crippen LogP contribution in [0.3, 0.4) is 0 Å². The number of aliphatic hydroxyl groups excluding tert-OH is 1. The van der Waals surface area contributed by atoms with Gasteiger partial charge in [0.15, 0.2) is 0 Å². The van der Waals surface area contributed by atoms with E-state index in [9.17, 15) is 5.11 Å². The van der Waals surface area contributed by atoms with E-state index in [2.05, 4.69) is 37.9 Å². The largest absolute Gasteiger partial charge is 0.394 e. The fourth-order valence-electron chi connectivity index (χ4n) is 4.29. The second kappa shape index (κ2) is 6.97. The molecule has 0 bridgehead atoms. The van der Waals surface area contributed by atoms with Crippen molar-refractivity contribution in [3.05, 3.63) is 0 Å². The summed E-state index contributed by atoms with van der Waals surface area (Å²) >= 11 is 0. The third-order valence-corrected chi connectivity index (χ3v) is 5.91. The van der Waals surface area contributed by atoms with Crippen LogP contribution in [0.1, 0.15) is 66.2 Å². The molecule has 2 fully saturated rings. The quantitative estimate of drug-likeness (QED) is 0.818. The SMILES string of the molecule is CCCNC1(CO)CCC(N2CCC(C(C)(C)C)CC2)C1. The summed E-state index contributed by atoms with van der Waals surface area (Å²) < 4.78 is 0. The summed E-state index contributed by atoms with van der Waals surface area (Å²) in [4.78, 5) is 2.70. The fourth-order valence-corrected chi connectivity index (χ4v) is 4.29. The number of rotatable bonds is 5. The Labute approximate surface area is 131 Å². The summed E-state index contributed by atoms with van der Waals surface area (Å²) in [6.07, 6.45) is 7.33. The number of nitrogens with one attached hydrogen (secondary N) is 1. The molecular weight excluding hydrogens is 260 g/mol. The minimum absolute atomic E-state index is 0.00154. The molecule has 3 heteroatoms. The van der Waals surface area contributed by atoms with Crippen molar-refractivity contribution in [2.24, 2.45) is 11.3 Å². The summed E-state index contributed by atoms with van der Waals surface area (Å²) in [6.45, 7) is 13.2. The van der Waals surface area contributed by atoms with Gasteiger partial charge in [-0.3, -0.25) is 0 Å². The van der Waals surface area contributed by atoms with Crippen molar-refractivity contribution < 1.29 is 5.11 Å². The number of piperidine rings is 1. The van der Waals surface area contributed by atoms with Crippen molar-refractivity contribution in [1.82, 2.24) is 10.2 Å². The molecule has 2 aliphatic rings. The zero-order valence-corrected chi connectivity index (χ0v) is 14.6. The molecule has 1 heterocycles. The first-order valence-electron chi connectivity index (χ1n) is 9.00. The van der Waals surface area contributed by atoms with Crippen LogP contribution in [-0.4, -0.2) is 47.8 Å². The van der Waals surface area contributed by atoms with E-state index in [0.717, 1.165) is 31.7 Å². The average Bonchev–Trinajstić information content (AvgIpc) is 2.89. The van der Waals surface area contributed by atoms with E-state index < -0.39 is 0 Å². The maximum atomic E-state index is 9.83. The molecule has 1 saturated heterocycles. The minimum atomic E-state index is 0.00154. The lowest BCUT2D eigenvalue weighted by atomic mass is 9.75. The summed E-state index contributed by atoms with van der Waals surface area (Å²) in [5.41, 5.74) is 0.459. The van der Waals surface area contributed by atoms with Gasteiger partial charge in [-0.1, -0.05) is 27.7 Å². The highest BCUT2D eigenvalue weighted by atomic mass is 16.3. The Bertz CT molecular complexity index is 318. The Kier molecular flexibility index (Phi) is 5.72. The van der Waals surface area contributed by atoms with Gasteiger partial charge in [0.25, 0.3) is 0 Å². The van der Waals surface area contributed by atoms with Gasteiger partial charge < -0.3 is 15.3 Å². The molecule has 0 aromatic heterocycles. The van der Waals surface area contributed by atoms with E-state index in [1.165, 1.54) is 32.4 Å². The van der Waals surface area contributed by atoms with E-state index in [1.807, 2.05) is 0 Å². The zero-order valence-electron chi connectivity index (χ0n) is 14.6. The van der Waals surface area contributed by atoms with Crippen LogP contribution in [0.15, 0.2) is 0 Å². The lowest BCUT2D eigenvalue weighted by Crippen LogP contribution is -2.49. The maximum absolute atomic E-state index is 9.83. The molecular formula is C18H36N2O. The number of aliphatic hydroxyl groups is 1. The molecule has 2 rings (SSSR count). The van der Waals surface area contributed by atoms with E-state index in [1.54, 1.807) is 0 Å². The van der Waals surface area contributed by atoms with Gasteiger partial charge in [-0.25, -0.2) is 0 Å². The Morgan fingerprint density at radius 2 is 1.86 bits per heavy atom. The van der Waals surface area contributed by atoms with Gasteiger partial charge in [-0.2, -0.15) is 0 Å². The summed E-state index contributed by atoms with van der Waals surface area (Å²) in [7, 11) is 0. The van der Waals surface area contributed by atoms with Gasteiger partial charge in [0.05, 0.1) is 6.61 Å². The van der Waals surface area contributed by atoms with Crippen LogP contribution in [0.25, 0.3) is 0 Å². The molecule has 0 amide bonds. The van der Waals surface area contributed by atoms with Crippen LogP contribution in [0, 0.1) is 11.3 Å². The Hall–Kier alpha value is -0.120. The van der Waals surface area contributed by atoms with Gasteiger partial charge in [0.2, 0.25) is 0 Å². The monoisotopic (exact) mass is 296 g/mol. The molecule has 2 unspecified atom stereocenters. The minimum Gasteiger partial charge on any atom is -0.394 e. The van der Waals surface area contributed by atoms with Crippen molar-refractivity contribution in [3.63, 3.8) is 0 Å². The number of nitrogens with zero attached hydrogens (tertiary/aromatic N) is 1. The first kappa shape index (κ1) is 17.2. The van der Waals surface area contributed by atoms with Crippen LogP contribution in [-0.2, 0) is 0 Å². The topological polar surface area (TPSA) is 35.5 Å². The van der Waals surface area contributed by atoms with E-state index in [0.29, 0.717) is 18.1 Å². The summed E-state index contributed by atoms with van der Waals surface area (Å²) in [5, 5.41) is 13.4. The highest BCUT2D eigenvalue weighted by molar-refractivity contribution is 5.00. The third kappa shape index (κ3) is 4.20. The molecule has 0 spiro atoms. The average molecular weight is 296 g/mol. The maximum Gasteiger partial charge on any atom is 0.0613 e. The molecule has 1 aliphatic heterocycles. The van der Waals surface area contributed by atoms with Crippen molar-refractivity contribution in [1.29, 1.82) is 0 Å². The van der Waals surface area contributed by atoms with Crippen molar-refractivity contribution >= 4 is 0 Å². The van der Waals surface area contributed by atoms with Crippen molar-refractivity contribution in [3.8, 4) is 0 Å². The van der Waals surface area contributed by atoms with Gasteiger partial charge in [0.1, 0.15) is 0 Å². The summed E-state index contributed by atoms with van der Waals surface area (Å²) in [5.74, 6) is 0.871. The summed E-state index contributed by atoms with van der Waals surface area (Å²) in [6, 6.07) is 0.683. The second-order valence-corrected chi connectivity index (χ2v) is 8.44. The molecule has 2 atom stereocenters. The highest BCUT2D eigenvalue weighted by Crippen LogP contribution is 2.38. The van der Waals surface area contributed by atoms with Crippen LogP contribution in [0.4, 0.5) is 0 Å². The molecule has 0 radical (unpaired) electrons. The molecule has 2 N–H and O–H groups in total. The standard InChI is InChI=1S/C18H36N2O/c1-5-10-19-18(14-21)9-6-16(13-18)20-11-7-15(8-12-20)17(2,3)4/h15-16,19,21H,5-14H2,1-4H3. The zero-order chi connectivity index (χ0) is 15.5. The third-order valence-electron chi connectivity index (χ3n) is 5.91. The fraction of sp³-hybridized carbons (Fsp3) is 1.00. The smallest absolute Gasteiger partial charge is 0.0613 e. The normalized spacial score (nSPS) is 32.7. The highest BCUT2D eigenvalue weighted by Gasteiger charge is 2.41. The van der Waals surface area contributed by atoms with E-state index in [-0.39, 0.29) is 5.54 Å².